The molecule has 1 aromatic rings. The molecule has 5 nitrogen and oxygen atoms in total. The molecule has 78 valence electrons. The molecule has 0 spiro atoms. The second-order valence-electron chi connectivity index (χ2n) is 3.24. The molecule has 1 aromatic heterocycles. The highest BCUT2D eigenvalue weighted by Crippen LogP contribution is 2.07. The molecule has 0 radical (unpaired) electrons. The minimum absolute atomic E-state index is 0.0961. The molecule has 1 atom stereocenters. The van der Waals surface area contributed by atoms with Crippen molar-refractivity contribution in [3.63, 3.8) is 0 Å². The number of aryl methyl sites for hydroxylation is 1. The van der Waals surface area contributed by atoms with Gasteiger partial charge in [0.05, 0.1) is 5.69 Å². The van der Waals surface area contributed by atoms with Gasteiger partial charge in [-0.15, -0.1) is 0 Å². The Morgan fingerprint density at radius 3 is 2.93 bits per heavy atom. The molecule has 0 aromatic carbocycles. The average Bonchev–Trinajstić information content (AvgIpc) is 2.51. The van der Waals surface area contributed by atoms with Crippen LogP contribution in [0.2, 0.25) is 0 Å². The lowest BCUT2D eigenvalue weighted by Gasteiger charge is -2.08. The van der Waals surface area contributed by atoms with Gasteiger partial charge in [0.25, 0.3) is 0 Å². The predicted octanol–water partition coefficient (Wildman–Crippen LogP) is 0.777. The Balaban J connectivity index is 2.48. The van der Waals surface area contributed by atoms with E-state index in [1.165, 1.54) is 6.26 Å². The fraction of sp³-hybridized carbons (Fsp3) is 0.556. The number of aromatic nitrogens is 1. The molecule has 0 aliphatic heterocycles. The summed E-state index contributed by atoms with van der Waals surface area (Å²) in [5.74, 6) is -0.201. The van der Waals surface area contributed by atoms with Gasteiger partial charge in [-0.3, -0.25) is 10.1 Å². The normalized spacial score (nSPS) is 12.5. The van der Waals surface area contributed by atoms with Gasteiger partial charge < -0.3 is 9.73 Å². The van der Waals surface area contributed by atoms with E-state index in [2.05, 4.69) is 15.6 Å². The van der Waals surface area contributed by atoms with Crippen LogP contribution in [0.4, 0.5) is 6.01 Å². The van der Waals surface area contributed by atoms with E-state index in [0.29, 0.717) is 6.54 Å². The van der Waals surface area contributed by atoms with Gasteiger partial charge in [-0.1, -0.05) is 6.92 Å². The molecule has 5 heteroatoms. The topological polar surface area (TPSA) is 67.2 Å². The second kappa shape index (κ2) is 4.76. The number of carbonyl (C=O) groups is 1. The van der Waals surface area contributed by atoms with E-state index in [1.54, 1.807) is 14.0 Å². The molecule has 0 aliphatic carbocycles. The third-order valence-corrected chi connectivity index (χ3v) is 1.81. The average molecular weight is 197 g/mol. The van der Waals surface area contributed by atoms with Crippen LogP contribution in [0, 0.1) is 12.8 Å². The van der Waals surface area contributed by atoms with Crippen LogP contribution in [-0.4, -0.2) is 24.5 Å². The summed E-state index contributed by atoms with van der Waals surface area (Å²) in [6, 6.07) is 0.260. The molecule has 0 aliphatic rings. The number of oxazole rings is 1. The zero-order chi connectivity index (χ0) is 10.6. The van der Waals surface area contributed by atoms with E-state index in [0.717, 1.165) is 5.69 Å². The highest BCUT2D eigenvalue weighted by molar-refractivity contribution is 5.90. The lowest BCUT2D eigenvalue weighted by molar-refractivity contribution is -0.119. The number of nitrogens with one attached hydrogen (secondary N) is 2. The molecule has 1 unspecified atom stereocenters. The van der Waals surface area contributed by atoms with Gasteiger partial charge in [0, 0.05) is 12.5 Å². The van der Waals surface area contributed by atoms with Crippen molar-refractivity contribution < 1.29 is 9.21 Å². The molecule has 2 N–H and O–H groups in total. The Bertz CT molecular complexity index is 309. The van der Waals surface area contributed by atoms with Crippen LogP contribution in [0.3, 0.4) is 0 Å². The van der Waals surface area contributed by atoms with Crippen molar-refractivity contribution in [1.82, 2.24) is 10.3 Å². The molecule has 0 saturated heterocycles. The molecule has 1 amide bonds. The number of hydrogen-bond acceptors (Lipinski definition) is 4. The van der Waals surface area contributed by atoms with E-state index < -0.39 is 0 Å². The molecule has 0 saturated carbocycles. The molecule has 1 heterocycles. The zero-order valence-corrected chi connectivity index (χ0v) is 8.63. The molecule has 14 heavy (non-hydrogen) atoms. The summed E-state index contributed by atoms with van der Waals surface area (Å²) < 4.78 is 5.00. The van der Waals surface area contributed by atoms with Crippen molar-refractivity contribution in [3.8, 4) is 0 Å². The number of rotatable bonds is 4. The summed E-state index contributed by atoms with van der Waals surface area (Å²) >= 11 is 0. The predicted molar refractivity (Wildman–Crippen MR) is 53.0 cm³/mol. The SMILES string of the molecule is CNCC(C)C(=O)Nc1nc(C)co1. The van der Waals surface area contributed by atoms with E-state index in [-0.39, 0.29) is 17.8 Å². The number of nitrogens with zero attached hydrogens (tertiary/aromatic N) is 1. The maximum Gasteiger partial charge on any atom is 0.301 e. The number of carbonyl (C=O) groups excluding carboxylic acids is 1. The summed E-state index contributed by atoms with van der Waals surface area (Å²) in [7, 11) is 1.80. The van der Waals surface area contributed by atoms with Crippen LogP contribution in [0.15, 0.2) is 10.7 Å². The lowest BCUT2D eigenvalue weighted by atomic mass is 10.2. The Morgan fingerprint density at radius 2 is 2.43 bits per heavy atom. The van der Waals surface area contributed by atoms with Gasteiger partial charge in [-0.25, -0.2) is 0 Å². The Hall–Kier alpha value is -1.36. The Labute approximate surface area is 82.9 Å². The minimum atomic E-state index is -0.104. The quantitative estimate of drug-likeness (QED) is 0.748. The highest BCUT2D eigenvalue weighted by atomic mass is 16.4. The van der Waals surface area contributed by atoms with Crippen molar-refractivity contribution in [1.29, 1.82) is 0 Å². The lowest BCUT2D eigenvalue weighted by Crippen LogP contribution is -2.28. The minimum Gasteiger partial charge on any atom is -0.432 e. The molecular formula is C9H15N3O2. The van der Waals surface area contributed by atoms with Crippen molar-refractivity contribution in [2.45, 2.75) is 13.8 Å². The molecule has 1 rings (SSSR count). The van der Waals surface area contributed by atoms with Crippen LogP contribution in [0.5, 0.6) is 0 Å². The Kier molecular flexibility index (Phi) is 3.64. The van der Waals surface area contributed by atoms with Crippen molar-refractivity contribution in [2.24, 2.45) is 5.92 Å². The van der Waals surface area contributed by atoms with Crippen LogP contribution in [-0.2, 0) is 4.79 Å². The van der Waals surface area contributed by atoms with Gasteiger partial charge in [0.2, 0.25) is 5.91 Å². The highest BCUT2D eigenvalue weighted by Gasteiger charge is 2.13. The standard InChI is InChI=1S/C9H15N3O2/c1-6(4-10-3)8(13)12-9-11-7(2)5-14-9/h5-6,10H,4H2,1-3H3,(H,11,12,13). The fourth-order valence-corrected chi connectivity index (χ4v) is 1.04. The van der Waals surface area contributed by atoms with Crippen molar-refractivity contribution >= 4 is 11.9 Å². The summed E-state index contributed by atoms with van der Waals surface area (Å²) in [5, 5.41) is 5.52. The van der Waals surface area contributed by atoms with Crippen LogP contribution < -0.4 is 10.6 Å². The van der Waals surface area contributed by atoms with E-state index >= 15 is 0 Å². The first kappa shape index (κ1) is 10.7. The zero-order valence-electron chi connectivity index (χ0n) is 8.63. The second-order valence-corrected chi connectivity index (χ2v) is 3.24. The maximum atomic E-state index is 11.5. The van der Waals surface area contributed by atoms with E-state index in [9.17, 15) is 4.79 Å². The molecule has 0 bridgehead atoms. The van der Waals surface area contributed by atoms with Crippen molar-refractivity contribution in [2.75, 3.05) is 18.9 Å². The van der Waals surface area contributed by atoms with E-state index in [4.69, 9.17) is 4.42 Å². The first-order valence-corrected chi connectivity index (χ1v) is 4.51. The number of anilines is 1. The van der Waals surface area contributed by atoms with Crippen LogP contribution in [0.25, 0.3) is 0 Å². The molecule has 0 fully saturated rings. The summed E-state index contributed by atoms with van der Waals surface area (Å²) in [5.41, 5.74) is 0.751. The third kappa shape index (κ3) is 2.85. The van der Waals surface area contributed by atoms with Crippen molar-refractivity contribution in [3.05, 3.63) is 12.0 Å². The van der Waals surface area contributed by atoms with Crippen LogP contribution >= 0.6 is 0 Å². The Morgan fingerprint density at radius 1 is 1.71 bits per heavy atom. The number of amides is 1. The first-order chi connectivity index (χ1) is 6.63. The summed E-state index contributed by atoms with van der Waals surface area (Å²) in [6.45, 7) is 4.27. The first-order valence-electron chi connectivity index (χ1n) is 4.51. The summed E-state index contributed by atoms with van der Waals surface area (Å²) in [6.07, 6.45) is 1.50. The monoisotopic (exact) mass is 197 g/mol. The van der Waals surface area contributed by atoms with Gasteiger partial charge in [0.15, 0.2) is 0 Å². The van der Waals surface area contributed by atoms with Crippen LogP contribution in [0.1, 0.15) is 12.6 Å². The van der Waals surface area contributed by atoms with Gasteiger partial charge in [-0.2, -0.15) is 4.98 Å². The number of hydrogen-bond donors (Lipinski definition) is 2. The summed E-state index contributed by atoms with van der Waals surface area (Å²) in [4.78, 5) is 15.4. The van der Waals surface area contributed by atoms with E-state index in [1.807, 2.05) is 6.92 Å². The fourth-order valence-electron chi connectivity index (χ4n) is 1.04. The third-order valence-electron chi connectivity index (χ3n) is 1.81. The molecular weight excluding hydrogens is 182 g/mol. The van der Waals surface area contributed by atoms with Gasteiger partial charge in [-0.05, 0) is 14.0 Å². The van der Waals surface area contributed by atoms with Gasteiger partial charge >= 0.3 is 6.01 Å². The van der Waals surface area contributed by atoms with Gasteiger partial charge in [0.1, 0.15) is 6.26 Å². The smallest absolute Gasteiger partial charge is 0.301 e. The largest absolute Gasteiger partial charge is 0.432 e. The maximum absolute atomic E-state index is 11.5.